The number of aromatic nitrogens is 3. The molecule has 1 aliphatic rings. The first-order valence-electron chi connectivity index (χ1n) is 6.78. The van der Waals surface area contributed by atoms with Crippen LogP contribution >= 0.6 is 0 Å². The van der Waals surface area contributed by atoms with Gasteiger partial charge in [0.1, 0.15) is 0 Å². The lowest BCUT2D eigenvalue weighted by molar-refractivity contribution is 0.683. The van der Waals surface area contributed by atoms with Crippen LogP contribution in [0, 0.1) is 6.92 Å². The Morgan fingerprint density at radius 1 is 1.42 bits per heavy atom. The van der Waals surface area contributed by atoms with E-state index in [4.69, 9.17) is 0 Å². The normalized spacial score (nSPS) is 15.5. The highest BCUT2D eigenvalue weighted by molar-refractivity contribution is 5.44. The summed E-state index contributed by atoms with van der Waals surface area (Å²) in [6.07, 6.45) is 4.50. The second-order valence-corrected chi connectivity index (χ2v) is 4.87. The van der Waals surface area contributed by atoms with Crippen LogP contribution in [0.2, 0.25) is 0 Å². The van der Waals surface area contributed by atoms with Gasteiger partial charge < -0.3 is 10.6 Å². The van der Waals surface area contributed by atoms with Crippen molar-refractivity contribution in [3.63, 3.8) is 0 Å². The van der Waals surface area contributed by atoms with Crippen LogP contribution in [0.5, 0.6) is 0 Å². The van der Waals surface area contributed by atoms with Crippen molar-refractivity contribution in [3.8, 4) is 0 Å². The Balaban J connectivity index is 1.62. The third-order valence-corrected chi connectivity index (χ3v) is 3.44. The zero-order valence-electron chi connectivity index (χ0n) is 11.2. The number of nitrogens with zero attached hydrogens (tertiary/aromatic N) is 3. The molecule has 0 aromatic carbocycles. The summed E-state index contributed by atoms with van der Waals surface area (Å²) in [6.45, 7) is 5.02. The summed E-state index contributed by atoms with van der Waals surface area (Å²) in [7, 11) is 0. The lowest BCUT2D eigenvalue weighted by Crippen LogP contribution is -2.21. The van der Waals surface area contributed by atoms with E-state index in [1.165, 1.54) is 5.57 Å². The molecule has 0 spiro atoms. The topological polar surface area (TPSA) is 54.2 Å². The Morgan fingerprint density at radius 3 is 3.16 bits per heavy atom. The van der Waals surface area contributed by atoms with E-state index in [0.717, 1.165) is 43.8 Å². The maximum Gasteiger partial charge on any atom is 0.243 e. The molecule has 5 nitrogen and oxygen atoms in total. The first-order chi connectivity index (χ1) is 9.33. The smallest absolute Gasteiger partial charge is 0.243 e. The molecule has 0 aliphatic carbocycles. The molecule has 3 rings (SSSR count). The molecule has 0 fully saturated rings. The Labute approximate surface area is 112 Å². The number of anilines is 1. The summed E-state index contributed by atoms with van der Waals surface area (Å²) < 4.78 is 1.87. The maximum atomic E-state index is 4.47. The third kappa shape index (κ3) is 2.76. The van der Waals surface area contributed by atoms with Crippen LogP contribution < -0.4 is 10.6 Å². The van der Waals surface area contributed by atoms with Crippen molar-refractivity contribution in [2.45, 2.75) is 19.8 Å². The SMILES string of the molecule is Cc1cccc2nc(NCCC3=CCNCC3)nn12. The van der Waals surface area contributed by atoms with Crippen LogP contribution in [0.3, 0.4) is 0 Å². The molecule has 100 valence electrons. The van der Waals surface area contributed by atoms with Gasteiger partial charge in [-0.15, -0.1) is 5.10 Å². The van der Waals surface area contributed by atoms with Crippen molar-refractivity contribution in [2.24, 2.45) is 0 Å². The number of nitrogens with one attached hydrogen (secondary N) is 2. The number of fused-ring (bicyclic) bond motifs is 1. The van der Waals surface area contributed by atoms with Gasteiger partial charge in [-0.1, -0.05) is 17.7 Å². The van der Waals surface area contributed by atoms with Gasteiger partial charge in [-0.25, -0.2) is 4.52 Å². The average Bonchev–Trinajstić information content (AvgIpc) is 2.84. The van der Waals surface area contributed by atoms with E-state index in [9.17, 15) is 0 Å². The summed E-state index contributed by atoms with van der Waals surface area (Å²) in [6, 6.07) is 6.01. The van der Waals surface area contributed by atoms with Crippen LogP contribution in [-0.2, 0) is 0 Å². The minimum Gasteiger partial charge on any atom is -0.353 e. The van der Waals surface area contributed by atoms with Crippen molar-refractivity contribution < 1.29 is 0 Å². The molecule has 0 saturated heterocycles. The first-order valence-corrected chi connectivity index (χ1v) is 6.78. The quantitative estimate of drug-likeness (QED) is 0.820. The summed E-state index contributed by atoms with van der Waals surface area (Å²) >= 11 is 0. The molecular weight excluding hydrogens is 238 g/mol. The monoisotopic (exact) mass is 257 g/mol. The van der Waals surface area contributed by atoms with E-state index in [-0.39, 0.29) is 0 Å². The molecule has 0 unspecified atom stereocenters. The van der Waals surface area contributed by atoms with Crippen LogP contribution in [0.15, 0.2) is 29.8 Å². The lowest BCUT2D eigenvalue weighted by Gasteiger charge is -2.13. The lowest BCUT2D eigenvalue weighted by atomic mass is 10.1. The van der Waals surface area contributed by atoms with Crippen molar-refractivity contribution in [1.82, 2.24) is 19.9 Å². The fraction of sp³-hybridized carbons (Fsp3) is 0.429. The van der Waals surface area contributed by atoms with Gasteiger partial charge in [0.25, 0.3) is 0 Å². The van der Waals surface area contributed by atoms with Crippen molar-refractivity contribution in [1.29, 1.82) is 0 Å². The van der Waals surface area contributed by atoms with Gasteiger partial charge >= 0.3 is 0 Å². The van der Waals surface area contributed by atoms with Crippen molar-refractivity contribution in [2.75, 3.05) is 25.0 Å². The molecule has 1 aliphatic heterocycles. The molecule has 2 aromatic heterocycles. The van der Waals surface area contributed by atoms with Crippen LogP contribution in [0.25, 0.3) is 5.65 Å². The van der Waals surface area contributed by atoms with Gasteiger partial charge in [0.2, 0.25) is 5.95 Å². The summed E-state index contributed by atoms with van der Waals surface area (Å²) in [5.74, 6) is 0.712. The minimum absolute atomic E-state index is 0.712. The second kappa shape index (κ2) is 5.40. The number of hydrogen-bond donors (Lipinski definition) is 2. The van der Waals surface area contributed by atoms with Gasteiger partial charge in [-0.3, -0.25) is 0 Å². The van der Waals surface area contributed by atoms with E-state index in [1.807, 2.05) is 29.6 Å². The highest BCUT2D eigenvalue weighted by Gasteiger charge is 2.06. The van der Waals surface area contributed by atoms with Crippen molar-refractivity contribution in [3.05, 3.63) is 35.5 Å². The average molecular weight is 257 g/mol. The fourth-order valence-electron chi connectivity index (χ4n) is 2.34. The Hall–Kier alpha value is -1.88. The summed E-state index contributed by atoms with van der Waals surface area (Å²) in [5, 5.41) is 11.1. The number of pyridine rings is 1. The predicted octanol–water partition coefficient (Wildman–Crippen LogP) is 1.76. The highest BCUT2D eigenvalue weighted by atomic mass is 15.3. The van der Waals surface area contributed by atoms with Gasteiger partial charge in [0, 0.05) is 18.8 Å². The molecule has 5 heteroatoms. The Kier molecular flexibility index (Phi) is 3.46. The van der Waals surface area contributed by atoms with E-state index in [0.29, 0.717) is 5.95 Å². The van der Waals surface area contributed by atoms with Crippen LogP contribution in [0.4, 0.5) is 5.95 Å². The Bertz CT molecular complexity index is 599. The summed E-state index contributed by atoms with van der Waals surface area (Å²) in [5.41, 5.74) is 3.51. The summed E-state index contributed by atoms with van der Waals surface area (Å²) in [4.78, 5) is 4.47. The molecule has 0 saturated carbocycles. The van der Waals surface area contributed by atoms with Crippen LogP contribution in [0.1, 0.15) is 18.5 Å². The number of hydrogen-bond acceptors (Lipinski definition) is 4. The maximum absolute atomic E-state index is 4.47. The Morgan fingerprint density at radius 2 is 2.37 bits per heavy atom. The van der Waals surface area contributed by atoms with Gasteiger partial charge in [-0.05, 0) is 38.4 Å². The molecule has 2 aromatic rings. The fourth-order valence-corrected chi connectivity index (χ4v) is 2.34. The van der Waals surface area contributed by atoms with E-state index < -0.39 is 0 Å². The third-order valence-electron chi connectivity index (χ3n) is 3.44. The van der Waals surface area contributed by atoms with Gasteiger partial charge in [-0.2, -0.15) is 4.98 Å². The molecule has 0 radical (unpaired) electrons. The largest absolute Gasteiger partial charge is 0.353 e. The molecule has 0 amide bonds. The molecular formula is C14H19N5. The standard InChI is InChI=1S/C14H19N5/c1-11-3-2-4-13-17-14(18-19(11)13)16-10-7-12-5-8-15-9-6-12/h2-5,15H,6-10H2,1H3,(H,16,18). The first kappa shape index (κ1) is 12.2. The van der Waals surface area contributed by atoms with Crippen LogP contribution in [-0.4, -0.2) is 34.2 Å². The zero-order valence-corrected chi connectivity index (χ0v) is 11.2. The second-order valence-electron chi connectivity index (χ2n) is 4.87. The van der Waals surface area contributed by atoms with Gasteiger partial charge in [0.05, 0.1) is 0 Å². The molecule has 3 heterocycles. The molecule has 0 bridgehead atoms. The predicted molar refractivity (Wildman–Crippen MR) is 76.4 cm³/mol. The minimum atomic E-state index is 0.712. The number of rotatable bonds is 4. The van der Waals surface area contributed by atoms with Gasteiger partial charge in [0.15, 0.2) is 5.65 Å². The highest BCUT2D eigenvalue weighted by Crippen LogP contribution is 2.11. The number of aryl methyl sites for hydroxylation is 1. The molecule has 2 N–H and O–H groups in total. The van der Waals surface area contributed by atoms with E-state index in [1.54, 1.807) is 0 Å². The zero-order chi connectivity index (χ0) is 13.1. The van der Waals surface area contributed by atoms with Crippen molar-refractivity contribution >= 4 is 11.6 Å². The molecule has 0 atom stereocenters. The van der Waals surface area contributed by atoms with E-state index in [2.05, 4.69) is 26.8 Å². The molecule has 19 heavy (non-hydrogen) atoms. The van der Waals surface area contributed by atoms with E-state index >= 15 is 0 Å².